The molecule has 0 saturated heterocycles. The fourth-order valence-electron chi connectivity index (χ4n) is 1.80. The molecule has 0 aliphatic rings. The summed E-state index contributed by atoms with van der Waals surface area (Å²) in [6, 6.07) is 5.09. The topological polar surface area (TPSA) is 77.2 Å². The SMILES string of the molecule is COC(=O)c1cc(Br)ccc1-n1c(CO)nnc1CCl. The molecule has 1 heterocycles. The van der Waals surface area contributed by atoms with Crippen LogP contribution in [0.15, 0.2) is 22.7 Å². The van der Waals surface area contributed by atoms with Crippen LogP contribution >= 0.6 is 27.5 Å². The van der Waals surface area contributed by atoms with E-state index in [2.05, 4.69) is 26.1 Å². The molecular formula is C12H11BrClN3O3. The normalized spacial score (nSPS) is 10.6. The standard InChI is InChI=1S/C12H11BrClN3O3/c1-20-12(19)8-4-7(13)2-3-9(8)17-10(5-14)15-16-11(17)6-18/h2-4,18H,5-6H2,1H3. The van der Waals surface area contributed by atoms with Crippen LogP contribution in [-0.2, 0) is 17.2 Å². The van der Waals surface area contributed by atoms with Crippen molar-refractivity contribution >= 4 is 33.5 Å². The summed E-state index contributed by atoms with van der Waals surface area (Å²) in [4.78, 5) is 11.9. The van der Waals surface area contributed by atoms with Crippen molar-refractivity contribution in [1.29, 1.82) is 0 Å². The molecule has 0 amide bonds. The lowest BCUT2D eigenvalue weighted by atomic mass is 10.1. The van der Waals surface area contributed by atoms with Crippen LogP contribution in [-0.4, -0.2) is 33.0 Å². The second-order valence-corrected chi connectivity index (χ2v) is 5.00. The molecule has 0 atom stereocenters. The number of aliphatic hydroxyl groups is 1. The first-order chi connectivity index (χ1) is 9.62. The highest BCUT2D eigenvalue weighted by molar-refractivity contribution is 9.10. The molecule has 2 rings (SSSR count). The summed E-state index contributed by atoms with van der Waals surface area (Å²) < 4.78 is 7.04. The Morgan fingerprint density at radius 2 is 2.15 bits per heavy atom. The lowest BCUT2D eigenvalue weighted by molar-refractivity contribution is 0.0600. The number of methoxy groups -OCH3 is 1. The van der Waals surface area contributed by atoms with Crippen molar-refractivity contribution < 1.29 is 14.6 Å². The van der Waals surface area contributed by atoms with E-state index in [1.54, 1.807) is 22.8 Å². The minimum Gasteiger partial charge on any atom is -0.465 e. The molecule has 0 fully saturated rings. The molecular weight excluding hydrogens is 350 g/mol. The van der Waals surface area contributed by atoms with Gasteiger partial charge in [-0.3, -0.25) is 4.57 Å². The summed E-state index contributed by atoms with van der Waals surface area (Å²) in [6.45, 7) is -0.319. The van der Waals surface area contributed by atoms with E-state index in [-0.39, 0.29) is 12.5 Å². The average Bonchev–Trinajstić information content (AvgIpc) is 2.89. The smallest absolute Gasteiger partial charge is 0.340 e. The first kappa shape index (κ1) is 15.0. The predicted molar refractivity (Wildman–Crippen MR) is 75.9 cm³/mol. The summed E-state index contributed by atoms with van der Waals surface area (Å²) in [7, 11) is 1.30. The fraction of sp³-hybridized carbons (Fsp3) is 0.250. The van der Waals surface area contributed by atoms with Gasteiger partial charge < -0.3 is 9.84 Å². The largest absolute Gasteiger partial charge is 0.465 e. The van der Waals surface area contributed by atoms with Crippen LogP contribution in [0.1, 0.15) is 22.0 Å². The molecule has 1 aromatic heterocycles. The summed E-state index contributed by atoms with van der Waals surface area (Å²) in [5.41, 5.74) is 0.826. The van der Waals surface area contributed by atoms with Crippen LogP contribution < -0.4 is 0 Å². The van der Waals surface area contributed by atoms with Gasteiger partial charge in [0.1, 0.15) is 6.61 Å². The zero-order valence-electron chi connectivity index (χ0n) is 10.5. The maximum Gasteiger partial charge on any atom is 0.340 e. The zero-order valence-corrected chi connectivity index (χ0v) is 12.8. The number of hydrogen-bond acceptors (Lipinski definition) is 5. The molecule has 0 aliphatic heterocycles. The highest BCUT2D eigenvalue weighted by Crippen LogP contribution is 2.24. The molecule has 106 valence electrons. The molecule has 0 saturated carbocycles. The van der Waals surface area contributed by atoms with Gasteiger partial charge in [-0.15, -0.1) is 21.8 Å². The van der Waals surface area contributed by atoms with Gasteiger partial charge in [0.2, 0.25) is 0 Å². The number of alkyl halides is 1. The molecule has 1 aromatic carbocycles. The third kappa shape index (κ3) is 2.70. The average molecular weight is 361 g/mol. The minimum atomic E-state index is -0.501. The third-order valence-electron chi connectivity index (χ3n) is 2.66. The summed E-state index contributed by atoms with van der Waals surface area (Å²) in [5.74, 6) is 0.333. The second-order valence-electron chi connectivity index (χ2n) is 3.81. The van der Waals surface area contributed by atoms with Crippen LogP contribution in [0, 0.1) is 0 Å². The van der Waals surface area contributed by atoms with Crippen molar-refractivity contribution in [3.8, 4) is 5.69 Å². The maximum absolute atomic E-state index is 11.9. The number of aliphatic hydroxyl groups excluding tert-OH is 1. The molecule has 1 N–H and O–H groups in total. The van der Waals surface area contributed by atoms with Crippen molar-refractivity contribution in [2.45, 2.75) is 12.5 Å². The van der Waals surface area contributed by atoms with Gasteiger partial charge in [-0.05, 0) is 18.2 Å². The van der Waals surface area contributed by atoms with Crippen molar-refractivity contribution in [2.75, 3.05) is 7.11 Å². The number of halogens is 2. The number of ether oxygens (including phenoxy) is 1. The molecule has 0 radical (unpaired) electrons. The lowest BCUT2D eigenvalue weighted by Gasteiger charge is -2.12. The molecule has 20 heavy (non-hydrogen) atoms. The number of carbonyl (C=O) groups excluding carboxylic acids is 1. The van der Waals surface area contributed by atoms with Crippen LogP contribution in [0.2, 0.25) is 0 Å². The summed E-state index contributed by atoms with van der Waals surface area (Å²) >= 11 is 9.12. The maximum atomic E-state index is 11.9. The highest BCUT2D eigenvalue weighted by atomic mass is 79.9. The van der Waals surface area contributed by atoms with Gasteiger partial charge in [0.15, 0.2) is 11.6 Å². The lowest BCUT2D eigenvalue weighted by Crippen LogP contribution is -2.12. The van der Waals surface area contributed by atoms with E-state index in [0.29, 0.717) is 22.9 Å². The van der Waals surface area contributed by atoms with Gasteiger partial charge >= 0.3 is 5.97 Å². The monoisotopic (exact) mass is 359 g/mol. The van der Waals surface area contributed by atoms with Crippen LogP contribution in [0.25, 0.3) is 5.69 Å². The number of carbonyl (C=O) groups is 1. The van der Waals surface area contributed by atoms with Crippen LogP contribution in [0.3, 0.4) is 0 Å². The molecule has 0 bridgehead atoms. The number of benzene rings is 1. The summed E-state index contributed by atoms with van der Waals surface area (Å²) in [5, 5.41) is 17.1. The molecule has 0 unspecified atom stereocenters. The van der Waals surface area contributed by atoms with Gasteiger partial charge in [0.25, 0.3) is 0 Å². The Balaban J connectivity index is 2.69. The predicted octanol–water partition coefficient (Wildman–Crippen LogP) is 2.05. The van der Waals surface area contributed by atoms with Crippen LogP contribution in [0.5, 0.6) is 0 Å². The van der Waals surface area contributed by atoms with Crippen molar-refractivity contribution in [3.05, 3.63) is 39.9 Å². The quantitative estimate of drug-likeness (QED) is 0.667. The Hall–Kier alpha value is -1.44. The van der Waals surface area contributed by atoms with Crippen molar-refractivity contribution in [1.82, 2.24) is 14.8 Å². The van der Waals surface area contributed by atoms with Gasteiger partial charge in [-0.2, -0.15) is 0 Å². The Bertz CT molecular complexity index is 623. The summed E-state index contributed by atoms with van der Waals surface area (Å²) in [6.07, 6.45) is 0. The van der Waals surface area contributed by atoms with E-state index < -0.39 is 5.97 Å². The minimum absolute atomic E-state index is 0.101. The number of hydrogen-bond donors (Lipinski definition) is 1. The third-order valence-corrected chi connectivity index (χ3v) is 3.40. The number of rotatable bonds is 4. The fourth-order valence-corrected chi connectivity index (χ4v) is 2.33. The Morgan fingerprint density at radius 1 is 1.45 bits per heavy atom. The van der Waals surface area contributed by atoms with E-state index in [0.717, 1.165) is 4.47 Å². The van der Waals surface area contributed by atoms with Crippen LogP contribution in [0.4, 0.5) is 0 Å². The van der Waals surface area contributed by atoms with Gasteiger partial charge in [-0.25, -0.2) is 4.79 Å². The Labute approximate surface area is 128 Å². The van der Waals surface area contributed by atoms with E-state index in [4.69, 9.17) is 16.3 Å². The second kappa shape index (κ2) is 6.34. The number of aromatic nitrogens is 3. The highest BCUT2D eigenvalue weighted by Gasteiger charge is 2.19. The van der Waals surface area contributed by atoms with E-state index in [9.17, 15) is 9.90 Å². The molecule has 6 nitrogen and oxygen atoms in total. The number of nitrogens with zero attached hydrogens (tertiary/aromatic N) is 3. The Morgan fingerprint density at radius 3 is 2.75 bits per heavy atom. The first-order valence-corrected chi connectivity index (χ1v) is 6.93. The Kier molecular flexibility index (Phi) is 4.74. The van der Waals surface area contributed by atoms with E-state index >= 15 is 0 Å². The van der Waals surface area contributed by atoms with Gasteiger partial charge in [-0.1, -0.05) is 15.9 Å². The molecule has 2 aromatic rings. The molecule has 0 aliphatic carbocycles. The molecule has 8 heteroatoms. The van der Waals surface area contributed by atoms with Crippen molar-refractivity contribution in [2.24, 2.45) is 0 Å². The van der Waals surface area contributed by atoms with Gasteiger partial charge in [0, 0.05) is 4.47 Å². The van der Waals surface area contributed by atoms with E-state index in [1.807, 2.05) is 0 Å². The van der Waals surface area contributed by atoms with Gasteiger partial charge in [0.05, 0.1) is 24.2 Å². The van der Waals surface area contributed by atoms with Crippen molar-refractivity contribution in [3.63, 3.8) is 0 Å². The first-order valence-electron chi connectivity index (χ1n) is 5.60. The molecule has 0 spiro atoms. The zero-order chi connectivity index (χ0) is 14.7. The van der Waals surface area contributed by atoms with E-state index in [1.165, 1.54) is 7.11 Å². The number of esters is 1.